The smallest absolute Gasteiger partial charge is 0.255 e. The summed E-state index contributed by atoms with van der Waals surface area (Å²) in [4.78, 5) is 23.7. The largest absolute Gasteiger partial charge is 0.496 e. The van der Waals surface area contributed by atoms with Gasteiger partial charge in [-0.15, -0.1) is 0 Å². The molecule has 2 N–H and O–H groups in total. The normalized spacial score (nSPS) is 10.8. The first-order valence-electron chi connectivity index (χ1n) is 6.47. The van der Waals surface area contributed by atoms with Gasteiger partial charge in [0.05, 0.1) is 19.2 Å². The molecule has 0 aliphatic heterocycles. The Balaban J connectivity index is 2.68. The molecule has 0 spiro atoms. The SMILES string of the molecule is COc1ccc(C)cc1C(=O)NCC(=O)NC(C)(C)C. The lowest BCUT2D eigenvalue weighted by molar-refractivity contribution is -0.121. The number of hydrogen-bond donors (Lipinski definition) is 2. The number of benzene rings is 1. The third-order valence-corrected chi connectivity index (χ3v) is 2.52. The Morgan fingerprint density at radius 3 is 2.45 bits per heavy atom. The summed E-state index contributed by atoms with van der Waals surface area (Å²) in [6.45, 7) is 7.48. The zero-order valence-corrected chi connectivity index (χ0v) is 12.7. The van der Waals surface area contributed by atoms with E-state index in [1.165, 1.54) is 7.11 Å². The van der Waals surface area contributed by atoms with E-state index in [0.717, 1.165) is 5.56 Å². The molecular weight excluding hydrogens is 256 g/mol. The lowest BCUT2D eigenvalue weighted by Crippen LogP contribution is -2.45. The van der Waals surface area contributed by atoms with E-state index in [1.54, 1.807) is 12.1 Å². The van der Waals surface area contributed by atoms with E-state index >= 15 is 0 Å². The van der Waals surface area contributed by atoms with Gasteiger partial charge in [0.2, 0.25) is 5.91 Å². The molecule has 0 atom stereocenters. The average Bonchev–Trinajstić information content (AvgIpc) is 2.33. The summed E-state index contributed by atoms with van der Waals surface area (Å²) >= 11 is 0. The van der Waals surface area contributed by atoms with E-state index in [0.29, 0.717) is 11.3 Å². The molecule has 2 amide bonds. The van der Waals surface area contributed by atoms with Crippen LogP contribution in [0.5, 0.6) is 5.75 Å². The summed E-state index contributed by atoms with van der Waals surface area (Å²) in [5, 5.41) is 5.37. The number of ether oxygens (including phenoxy) is 1. The van der Waals surface area contributed by atoms with E-state index in [2.05, 4.69) is 10.6 Å². The van der Waals surface area contributed by atoms with Gasteiger partial charge in [0.1, 0.15) is 5.75 Å². The number of amides is 2. The maximum atomic E-state index is 12.1. The van der Waals surface area contributed by atoms with Crippen LogP contribution in [0.25, 0.3) is 0 Å². The minimum atomic E-state index is -0.324. The van der Waals surface area contributed by atoms with E-state index in [4.69, 9.17) is 4.74 Å². The molecule has 110 valence electrons. The maximum Gasteiger partial charge on any atom is 0.255 e. The molecule has 0 bridgehead atoms. The molecule has 0 unspecified atom stereocenters. The van der Waals surface area contributed by atoms with Crippen molar-refractivity contribution in [2.75, 3.05) is 13.7 Å². The highest BCUT2D eigenvalue weighted by Crippen LogP contribution is 2.19. The van der Waals surface area contributed by atoms with Crippen molar-refractivity contribution in [3.8, 4) is 5.75 Å². The number of carbonyl (C=O) groups excluding carboxylic acids is 2. The van der Waals surface area contributed by atoms with Gasteiger partial charge in [-0.05, 0) is 39.8 Å². The van der Waals surface area contributed by atoms with Crippen molar-refractivity contribution in [1.82, 2.24) is 10.6 Å². The fourth-order valence-electron chi connectivity index (χ4n) is 1.72. The molecule has 0 saturated heterocycles. The van der Waals surface area contributed by atoms with Crippen molar-refractivity contribution in [3.63, 3.8) is 0 Å². The van der Waals surface area contributed by atoms with Gasteiger partial charge in [-0.3, -0.25) is 9.59 Å². The second kappa shape index (κ2) is 6.41. The fourth-order valence-corrected chi connectivity index (χ4v) is 1.72. The highest BCUT2D eigenvalue weighted by atomic mass is 16.5. The lowest BCUT2D eigenvalue weighted by Gasteiger charge is -2.20. The molecule has 1 aromatic carbocycles. The van der Waals surface area contributed by atoms with Gasteiger partial charge in [-0.2, -0.15) is 0 Å². The molecular formula is C15H22N2O3. The van der Waals surface area contributed by atoms with E-state index in [1.807, 2.05) is 33.8 Å². The summed E-state index contributed by atoms with van der Waals surface area (Å²) in [6.07, 6.45) is 0. The third kappa shape index (κ3) is 4.91. The molecule has 20 heavy (non-hydrogen) atoms. The number of hydrogen-bond acceptors (Lipinski definition) is 3. The lowest BCUT2D eigenvalue weighted by atomic mass is 10.1. The highest BCUT2D eigenvalue weighted by Gasteiger charge is 2.16. The molecule has 1 rings (SSSR count). The summed E-state index contributed by atoms with van der Waals surface area (Å²) in [7, 11) is 1.51. The zero-order chi connectivity index (χ0) is 15.3. The average molecular weight is 278 g/mol. The molecule has 5 nitrogen and oxygen atoms in total. The van der Waals surface area contributed by atoms with Crippen molar-refractivity contribution in [1.29, 1.82) is 0 Å². The van der Waals surface area contributed by atoms with Gasteiger partial charge in [0.25, 0.3) is 5.91 Å². The Bertz CT molecular complexity index is 504. The van der Waals surface area contributed by atoms with E-state index < -0.39 is 0 Å². The van der Waals surface area contributed by atoms with Gasteiger partial charge in [0.15, 0.2) is 0 Å². The molecule has 0 aliphatic carbocycles. The molecule has 1 aromatic rings. The Kier molecular flexibility index (Phi) is 5.13. The van der Waals surface area contributed by atoms with Gasteiger partial charge in [-0.1, -0.05) is 11.6 Å². The summed E-state index contributed by atoms with van der Waals surface area (Å²) in [6, 6.07) is 5.33. The predicted molar refractivity (Wildman–Crippen MR) is 78.0 cm³/mol. The first-order chi connectivity index (χ1) is 9.23. The summed E-state index contributed by atoms with van der Waals surface area (Å²) < 4.78 is 5.15. The molecule has 0 aliphatic rings. The van der Waals surface area contributed by atoms with Crippen LogP contribution in [-0.4, -0.2) is 31.0 Å². The Labute approximate surface area is 119 Å². The van der Waals surface area contributed by atoms with Gasteiger partial charge in [-0.25, -0.2) is 0 Å². The quantitative estimate of drug-likeness (QED) is 0.880. The maximum absolute atomic E-state index is 12.1. The highest BCUT2D eigenvalue weighted by molar-refractivity contribution is 5.99. The van der Waals surface area contributed by atoms with Gasteiger partial charge >= 0.3 is 0 Å². The fraction of sp³-hybridized carbons (Fsp3) is 0.467. The number of rotatable bonds is 4. The van der Waals surface area contributed by atoms with Gasteiger partial charge < -0.3 is 15.4 Å². The third-order valence-electron chi connectivity index (χ3n) is 2.52. The number of aryl methyl sites for hydroxylation is 1. The van der Waals surface area contributed by atoms with Crippen LogP contribution < -0.4 is 15.4 Å². The van der Waals surface area contributed by atoms with Crippen LogP contribution in [-0.2, 0) is 4.79 Å². The molecule has 0 saturated carbocycles. The summed E-state index contributed by atoms with van der Waals surface area (Å²) in [5.74, 6) is -0.0589. The molecule has 0 fully saturated rings. The Hall–Kier alpha value is -2.04. The molecule has 0 heterocycles. The van der Waals surface area contributed by atoms with E-state index in [-0.39, 0.29) is 23.9 Å². The standard InChI is InChI=1S/C15H22N2O3/c1-10-6-7-12(20-5)11(8-10)14(19)16-9-13(18)17-15(2,3)4/h6-8H,9H2,1-5H3,(H,16,19)(H,17,18). The molecule has 0 aromatic heterocycles. The van der Waals surface area contributed by atoms with Crippen LogP contribution in [0.4, 0.5) is 0 Å². The number of nitrogens with one attached hydrogen (secondary N) is 2. The zero-order valence-electron chi connectivity index (χ0n) is 12.7. The van der Waals surface area contributed by atoms with Crippen LogP contribution in [0.15, 0.2) is 18.2 Å². The minimum absolute atomic E-state index is 0.0623. The van der Waals surface area contributed by atoms with Crippen LogP contribution in [0.2, 0.25) is 0 Å². The number of methoxy groups -OCH3 is 1. The predicted octanol–water partition coefficient (Wildman–Crippen LogP) is 1.65. The number of carbonyl (C=O) groups is 2. The minimum Gasteiger partial charge on any atom is -0.496 e. The van der Waals surface area contributed by atoms with Crippen molar-refractivity contribution in [2.45, 2.75) is 33.2 Å². The Morgan fingerprint density at radius 2 is 1.90 bits per heavy atom. The first kappa shape index (κ1) is 16.0. The van der Waals surface area contributed by atoms with E-state index in [9.17, 15) is 9.59 Å². The van der Waals surface area contributed by atoms with Crippen LogP contribution in [0.1, 0.15) is 36.7 Å². The first-order valence-corrected chi connectivity index (χ1v) is 6.47. The van der Waals surface area contributed by atoms with Crippen molar-refractivity contribution < 1.29 is 14.3 Å². The monoisotopic (exact) mass is 278 g/mol. The summed E-state index contributed by atoms with van der Waals surface area (Å²) in [5.41, 5.74) is 1.06. The topological polar surface area (TPSA) is 67.4 Å². The van der Waals surface area contributed by atoms with Crippen LogP contribution in [0, 0.1) is 6.92 Å². The van der Waals surface area contributed by atoms with Crippen molar-refractivity contribution in [3.05, 3.63) is 29.3 Å². The second-order valence-electron chi connectivity index (χ2n) is 5.68. The van der Waals surface area contributed by atoms with Crippen molar-refractivity contribution in [2.24, 2.45) is 0 Å². The second-order valence-corrected chi connectivity index (χ2v) is 5.68. The Morgan fingerprint density at radius 1 is 1.25 bits per heavy atom. The van der Waals surface area contributed by atoms with Crippen LogP contribution in [0.3, 0.4) is 0 Å². The molecule has 0 radical (unpaired) electrons. The molecule has 5 heteroatoms. The van der Waals surface area contributed by atoms with Crippen molar-refractivity contribution >= 4 is 11.8 Å². The van der Waals surface area contributed by atoms with Gasteiger partial charge in [0, 0.05) is 5.54 Å². The van der Waals surface area contributed by atoms with Crippen LogP contribution >= 0.6 is 0 Å².